The average molecular weight is 324 g/mol. The van der Waals surface area contributed by atoms with Gasteiger partial charge in [-0.1, -0.05) is 6.92 Å². The Morgan fingerprint density at radius 1 is 1.22 bits per heavy atom. The maximum absolute atomic E-state index is 11.9. The molecular formula is C16H24N2O5. The minimum absolute atomic E-state index is 0.148. The predicted molar refractivity (Wildman–Crippen MR) is 85.9 cm³/mol. The highest BCUT2D eigenvalue weighted by Gasteiger charge is 2.17. The first-order valence-electron chi connectivity index (χ1n) is 7.36. The molecule has 1 aromatic carbocycles. The number of amides is 2. The van der Waals surface area contributed by atoms with Crippen molar-refractivity contribution < 1.29 is 24.2 Å². The molecule has 2 amide bonds. The molecule has 0 fully saturated rings. The summed E-state index contributed by atoms with van der Waals surface area (Å²) in [4.78, 5) is 24.0. The monoisotopic (exact) mass is 324 g/mol. The standard InChI is InChI=1S/C16H24N2O5/c1-11(15(19)20)10-18(3)16(21)17-9-12(2)23-14-7-5-13(22-4)6-8-14/h5-8,11-12H,9-10H2,1-4H3,(H,17,21)(H,19,20). The van der Waals surface area contributed by atoms with E-state index in [1.165, 1.54) is 4.90 Å². The summed E-state index contributed by atoms with van der Waals surface area (Å²) in [6.45, 7) is 3.86. The highest BCUT2D eigenvalue weighted by atomic mass is 16.5. The first-order chi connectivity index (χ1) is 10.8. The minimum atomic E-state index is -0.930. The van der Waals surface area contributed by atoms with Crippen molar-refractivity contribution in [1.82, 2.24) is 10.2 Å². The van der Waals surface area contributed by atoms with Crippen molar-refractivity contribution in [1.29, 1.82) is 0 Å². The van der Waals surface area contributed by atoms with Crippen molar-refractivity contribution in [2.45, 2.75) is 20.0 Å². The van der Waals surface area contributed by atoms with Crippen LogP contribution in [0.5, 0.6) is 11.5 Å². The summed E-state index contributed by atoms with van der Waals surface area (Å²) in [7, 11) is 3.15. The van der Waals surface area contributed by atoms with Crippen LogP contribution in [0.4, 0.5) is 4.79 Å². The third-order valence-electron chi connectivity index (χ3n) is 3.25. The zero-order valence-corrected chi connectivity index (χ0v) is 13.9. The van der Waals surface area contributed by atoms with Crippen molar-refractivity contribution in [3.05, 3.63) is 24.3 Å². The number of hydrogen-bond acceptors (Lipinski definition) is 4. The fourth-order valence-electron chi connectivity index (χ4n) is 1.87. The molecule has 0 heterocycles. The van der Waals surface area contributed by atoms with Gasteiger partial charge in [0.05, 0.1) is 19.6 Å². The quantitative estimate of drug-likeness (QED) is 0.761. The number of aliphatic carboxylic acids is 1. The van der Waals surface area contributed by atoms with Crippen LogP contribution in [0.3, 0.4) is 0 Å². The van der Waals surface area contributed by atoms with E-state index in [0.717, 1.165) is 5.75 Å². The highest BCUT2D eigenvalue weighted by molar-refractivity contribution is 5.75. The Morgan fingerprint density at radius 2 is 1.78 bits per heavy atom. The van der Waals surface area contributed by atoms with Crippen LogP contribution >= 0.6 is 0 Å². The number of carboxylic acid groups (broad SMARTS) is 1. The predicted octanol–water partition coefficient (Wildman–Crippen LogP) is 1.82. The van der Waals surface area contributed by atoms with Gasteiger partial charge in [0.1, 0.15) is 17.6 Å². The summed E-state index contributed by atoms with van der Waals surface area (Å²) in [6, 6.07) is 6.84. The summed E-state index contributed by atoms with van der Waals surface area (Å²) in [5.41, 5.74) is 0. The Bertz CT molecular complexity index is 518. The molecular weight excluding hydrogens is 300 g/mol. The second-order valence-corrected chi connectivity index (χ2v) is 5.41. The number of nitrogens with one attached hydrogen (secondary N) is 1. The lowest BCUT2D eigenvalue weighted by molar-refractivity contribution is -0.141. The Labute approximate surface area is 136 Å². The van der Waals surface area contributed by atoms with Crippen LogP contribution < -0.4 is 14.8 Å². The Morgan fingerprint density at radius 3 is 2.30 bits per heavy atom. The van der Waals surface area contributed by atoms with Gasteiger partial charge in [-0.05, 0) is 31.2 Å². The number of rotatable bonds is 8. The summed E-state index contributed by atoms with van der Waals surface area (Å²) in [5.74, 6) is -0.118. The van der Waals surface area contributed by atoms with E-state index in [-0.39, 0.29) is 18.7 Å². The molecule has 0 aliphatic carbocycles. The molecule has 0 bridgehead atoms. The van der Waals surface area contributed by atoms with Gasteiger partial charge in [0.25, 0.3) is 0 Å². The van der Waals surface area contributed by atoms with Gasteiger partial charge < -0.3 is 24.8 Å². The lowest BCUT2D eigenvalue weighted by Gasteiger charge is -2.22. The molecule has 0 aliphatic heterocycles. The molecule has 7 heteroatoms. The lowest BCUT2D eigenvalue weighted by atomic mass is 10.2. The first kappa shape index (κ1) is 18.6. The van der Waals surface area contributed by atoms with E-state index in [4.69, 9.17) is 14.6 Å². The summed E-state index contributed by atoms with van der Waals surface area (Å²) in [5, 5.41) is 11.6. The Kier molecular flexibility index (Phi) is 7.18. The third kappa shape index (κ3) is 6.46. The second-order valence-electron chi connectivity index (χ2n) is 5.41. The van der Waals surface area contributed by atoms with Crippen LogP contribution in [-0.2, 0) is 4.79 Å². The number of carbonyl (C=O) groups excluding carboxylic acids is 1. The van der Waals surface area contributed by atoms with Gasteiger partial charge in [-0.25, -0.2) is 4.79 Å². The number of ether oxygens (including phenoxy) is 2. The van der Waals surface area contributed by atoms with E-state index in [9.17, 15) is 9.59 Å². The first-order valence-corrected chi connectivity index (χ1v) is 7.36. The fraction of sp³-hybridized carbons (Fsp3) is 0.500. The zero-order valence-electron chi connectivity index (χ0n) is 13.9. The maximum atomic E-state index is 11.9. The van der Waals surface area contributed by atoms with Crippen LogP contribution in [0.2, 0.25) is 0 Å². The molecule has 1 aromatic rings. The molecule has 2 atom stereocenters. The second kappa shape index (κ2) is 8.87. The smallest absolute Gasteiger partial charge is 0.317 e. The van der Waals surface area contributed by atoms with Gasteiger partial charge in [-0.2, -0.15) is 0 Å². The molecule has 1 rings (SSSR count). The average Bonchev–Trinajstić information content (AvgIpc) is 2.53. The Hall–Kier alpha value is -2.44. The lowest BCUT2D eigenvalue weighted by Crippen LogP contribution is -2.43. The van der Waals surface area contributed by atoms with Crippen LogP contribution in [0.1, 0.15) is 13.8 Å². The topological polar surface area (TPSA) is 88.1 Å². The van der Waals surface area contributed by atoms with Crippen LogP contribution in [0, 0.1) is 5.92 Å². The summed E-state index contributed by atoms with van der Waals surface area (Å²) < 4.78 is 10.7. The number of nitrogens with zero attached hydrogens (tertiary/aromatic N) is 1. The number of carboxylic acids is 1. The fourth-order valence-corrected chi connectivity index (χ4v) is 1.87. The Balaban J connectivity index is 2.37. The third-order valence-corrected chi connectivity index (χ3v) is 3.25. The van der Waals surface area contributed by atoms with Crippen LogP contribution in [0.15, 0.2) is 24.3 Å². The van der Waals surface area contributed by atoms with Crippen molar-refractivity contribution in [2.24, 2.45) is 5.92 Å². The zero-order chi connectivity index (χ0) is 17.4. The molecule has 0 spiro atoms. The molecule has 128 valence electrons. The molecule has 0 radical (unpaired) electrons. The molecule has 0 aromatic heterocycles. The van der Waals surface area contributed by atoms with Gasteiger partial charge in [0.15, 0.2) is 0 Å². The van der Waals surface area contributed by atoms with Gasteiger partial charge in [-0.3, -0.25) is 4.79 Å². The molecule has 0 aliphatic rings. The van der Waals surface area contributed by atoms with E-state index in [2.05, 4.69) is 5.32 Å². The normalized spacial score (nSPS) is 12.9. The number of methoxy groups -OCH3 is 1. The number of benzene rings is 1. The van der Waals surface area contributed by atoms with E-state index in [1.807, 2.05) is 6.92 Å². The van der Waals surface area contributed by atoms with Crippen LogP contribution in [0.25, 0.3) is 0 Å². The number of hydrogen-bond donors (Lipinski definition) is 2. The molecule has 23 heavy (non-hydrogen) atoms. The molecule has 0 saturated carbocycles. The molecule has 0 saturated heterocycles. The SMILES string of the molecule is COc1ccc(OC(C)CNC(=O)N(C)CC(C)C(=O)O)cc1. The van der Waals surface area contributed by atoms with E-state index < -0.39 is 11.9 Å². The summed E-state index contributed by atoms with van der Waals surface area (Å²) >= 11 is 0. The highest BCUT2D eigenvalue weighted by Crippen LogP contribution is 2.17. The largest absolute Gasteiger partial charge is 0.497 e. The summed E-state index contributed by atoms with van der Waals surface area (Å²) in [6.07, 6.45) is -0.224. The van der Waals surface area contributed by atoms with Crippen LogP contribution in [-0.4, -0.2) is 55.4 Å². The minimum Gasteiger partial charge on any atom is -0.497 e. The van der Waals surface area contributed by atoms with E-state index >= 15 is 0 Å². The van der Waals surface area contributed by atoms with E-state index in [1.54, 1.807) is 45.3 Å². The van der Waals surface area contributed by atoms with Gasteiger partial charge in [0.2, 0.25) is 0 Å². The van der Waals surface area contributed by atoms with Crippen molar-refractivity contribution >= 4 is 12.0 Å². The number of urea groups is 1. The molecule has 7 nitrogen and oxygen atoms in total. The number of carbonyl (C=O) groups is 2. The van der Waals surface area contributed by atoms with E-state index in [0.29, 0.717) is 12.3 Å². The van der Waals surface area contributed by atoms with Crippen molar-refractivity contribution in [2.75, 3.05) is 27.2 Å². The van der Waals surface area contributed by atoms with Gasteiger partial charge >= 0.3 is 12.0 Å². The van der Waals surface area contributed by atoms with Crippen molar-refractivity contribution in [3.8, 4) is 11.5 Å². The maximum Gasteiger partial charge on any atom is 0.317 e. The molecule has 2 N–H and O–H groups in total. The molecule has 2 unspecified atom stereocenters. The van der Waals surface area contributed by atoms with Gasteiger partial charge in [-0.15, -0.1) is 0 Å². The van der Waals surface area contributed by atoms with Gasteiger partial charge in [0, 0.05) is 13.6 Å². The van der Waals surface area contributed by atoms with Crippen molar-refractivity contribution in [3.63, 3.8) is 0 Å².